The molecule has 0 amide bonds. The average Bonchev–Trinajstić information content (AvgIpc) is 2.75. The van der Waals surface area contributed by atoms with Crippen molar-refractivity contribution in [3.8, 4) is 0 Å². The first kappa shape index (κ1) is 16.3. The van der Waals surface area contributed by atoms with E-state index in [-0.39, 0.29) is 0 Å². The standard InChI is InChI=1S/C15H26BrNO2Si/c1-11-6-7-12(17-10-11)15(2,19-20(3,4)5)13-8-9-14(16)18-13/h8-9,11-12,17H,6-7,10H2,1-5H3/t11-,12-,15+/m0/s1. The van der Waals surface area contributed by atoms with Crippen molar-refractivity contribution < 1.29 is 8.84 Å². The topological polar surface area (TPSA) is 34.4 Å². The minimum atomic E-state index is -1.68. The lowest BCUT2D eigenvalue weighted by Gasteiger charge is -2.43. The summed E-state index contributed by atoms with van der Waals surface area (Å²) in [6.45, 7) is 12.2. The number of rotatable bonds is 4. The molecule has 114 valence electrons. The van der Waals surface area contributed by atoms with Crippen LogP contribution in [-0.2, 0) is 10.0 Å². The zero-order chi connectivity index (χ0) is 15.0. The molecule has 1 aliphatic rings. The third kappa shape index (κ3) is 3.75. The minimum Gasteiger partial charge on any atom is -0.451 e. The van der Waals surface area contributed by atoms with Gasteiger partial charge in [-0.2, -0.15) is 0 Å². The molecule has 0 radical (unpaired) electrons. The molecule has 1 N–H and O–H groups in total. The molecule has 0 bridgehead atoms. The van der Waals surface area contributed by atoms with Gasteiger partial charge >= 0.3 is 0 Å². The SMILES string of the molecule is C[C@H]1CC[C@@H]([C@@](C)(O[Si](C)(C)C)c2ccc(Br)o2)NC1. The van der Waals surface area contributed by atoms with Crippen LogP contribution >= 0.6 is 15.9 Å². The minimum absolute atomic E-state index is 0.309. The molecule has 2 heterocycles. The number of nitrogens with one attached hydrogen (secondary N) is 1. The van der Waals surface area contributed by atoms with E-state index >= 15 is 0 Å². The van der Waals surface area contributed by atoms with Crippen LogP contribution in [0, 0.1) is 5.92 Å². The maximum atomic E-state index is 6.56. The van der Waals surface area contributed by atoms with Crippen molar-refractivity contribution in [3.63, 3.8) is 0 Å². The molecular weight excluding hydrogens is 334 g/mol. The summed E-state index contributed by atoms with van der Waals surface area (Å²) in [5.74, 6) is 1.66. The Balaban J connectivity index is 2.28. The van der Waals surface area contributed by atoms with E-state index in [9.17, 15) is 0 Å². The number of hydrogen-bond donors (Lipinski definition) is 1. The van der Waals surface area contributed by atoms with Crippen molar-refractivity contribution in [2.24, 2.45) is 5.92 Å². The van der Waals surface area contributed by atoms with Gasteiger partial charge in [0.25, 0.3) is 0 Å². The van der Waals surface area contributed by atoms with Crippen LogP contribution in [0.5, 0.6) is 0 Å². The van der Waals surface area contributed by atoms with E-state index in [2.05, 4.69) is 54.7 Å². The fourth-order valence-electron chi connectivity index (χ4n) is 2.98. The molecule has 0 spiro atoms. The van der Waals surface area contributed by atoms with Crippen molar-refractivity contribution >= 4 is 24.2 Å². The highest BCUT2D eigenvalue weighted by Gasteiger charge is 2.43. The normalized spacial score (nSPS) is 27.3. The lowest BCUT2D eigenvalue weighted by Crippen LogP contribution is -2.55. The molecule has 5 heteroatoms. The molecule has 0 saturated carbocycles. The summed E-state index contributed by atoms with van der Waals surface area (Å²) in [6.07, 6.45) is 2.37. The molecule has 0 unspecified atom stereocenters. The molecule has 1 saturated heterocycles. The Morgan fingerprint density at radius 2 is 2.05 bits per heavy atom. The number of halogens is 1. The number of furan rings is 1. The van der Waals surface area contributed by atoms with Gasteiger partial charge in [0.2, 0.25) is 0 Å². The van der Waals surface area contributed by atoms with Crippen molar-refractivity contribution in [1.82, 2.24) is 5.32 Å². The van der Waals surface area contributed by atoms with E-state index in [1.165, 1.54) is 6.42 Å². The third-order valence-electron chi connectivity index (χ3n) is 3.91. The number of hydrogen-bond acceptors (Lipinski definition) is 3. The predicted octanol–water partition coefficient (Wildman–Crippen LogP) is 4.50. The summed E-state index contributed by atoms with van der Waals surface area (Å²) in [7, 11) is -1.68. The summed E-state index contributed by atoms with van der Waals surface area (Å²) in [4.78, 5) is 0. The Morgan fingerprint density at radius 3 is 2.50 bits per heavy atom. The second-order valence-corrected chi connectivity index (χ2v) is 12.3. The first-order valence-electron chi connectivity index (χ1n) is 7.40. The quantitative estimate of drug-likeness (QED) is 0.803. The van der Waals surface area contributed by atoms with Crippen LogP contribution in [0.3, 0.4) is 0 Å². The molecule has 1 aliphatic heterocycles. The fourth-order valence-corrected chi connectivity index (χ4v) is 4.80. The van der Waals surface area contributed by atoms with E-state index in [0.29, 0.717) is 6.04 Å². The molecule has 3 nitrogen and oxygen atoms in total. The summed E-state index contributed by atoms with van der Waals surface area (Å²) < 4.78 is 13.2. The fraction of sp³-hybridized carbons (Fsp3) is 0.733. The number of piperidine rings is 1. The van der Waals surface area contributed by atoms with Gasteiger partial charge in [0.1, 0.15) is 11.4 Å². The molecule has 3 atom stereocenters. The highest BCUT2D eigenvalue weighted by molar-refractivity contribution is 9.10. The van der Waals surface area contributed by atoms with Crippen molar-refractivity contribution in [1.29, 1.82) is 0 Å². The molecule has 0 aromatic carbocycles. The highest BCUT2D eigenvalue weighted by Crippen LogP contribution is 2.38. The van der Waals surface area contributed by atoms with Crippen LogP contribution in [-0.4, -0.2) is 20.9 Å². The Labute approximate surface area is 131 Å². The van der Waals surface area contributed by atoms with Crippen molar-refractivity contribution in [2.75, 3.05) is 6.54 Å². The zero-order valence-corrected chi connectivity index (χ0v) is 15.7. The summed E-state index contributed by atoms with van der Waals surface area (Å²) in [5.41, 5.74) is -0.392. The Hall–Kier alpha value is -0.103. The lowest BCUT2D eigenvalue weighted by atomic mass is 9.85. The maximum Gasteiger partial charge on any atom is 0.185 e. The van der Waals surface area contributed by atoms with Gasteiger partial charge < -0.3 is 14.2 Å². The van der Waals surface area contributed by atoms with Crippen LogP contribution in [0.2, 0.25) is 19.6 Å². The Bertz CT molecular complexity index is 449. The second kappa shape index (κ2) is 5.95. The largest absolute Gasteiger partial charge is 0.451 e. The van der Waals surface area contributed by atoms with E-state index in [4.69, 9.17) is 8.84 Å². The lowest BCUT2D eigenvalue weighted by molar-refractivity contribution is -0.000314. The maximum absolute atomic E-state index is 6.56. The van der Waals surface area contributed by atoms with Gasteiger partial charge in [-0.3, -0.25) is 0 Å². The smallest absolute Gasteiger partial charge is 0.185 e. The Kier molecular flexibility index (Phi) is 4.84. The summed E-state index contributed by atoms with van der Waals surface area (Å²) in [5, 5.41) is 3.66. The molecule has 2 rings (SSSR count). The van der Waals surface area contributed by atoms with Crippen LogP contribution < -0.4 is 5.32 Å². The van der Waals surface area contributed by atoms with E-state index in [1.807, 2.05) is 12.1 Å². The van der Waals surface area contributed by atoms with Crippen LogP contribution in [0.4, 0.5) is 0 Å². The first-order chi connectivity index (χ1) is 9.21. The average molecular weight is 360 g/mol. The van der Waals surface area contributed by atoms with Gasteiger partial charge in [-0.25, -0.2) is 0 Å². The van der Waals surface area contributed by atoms with E-state index in [0.717, 1.165) is 29.3 Å². The summed E-state index contributed by atoms with van der Waals surface area (Å²) in [6, 6.07) is 4.29. The zero-order valence-electron chi connectivity index (χ0n) is 13.1. The first-order valence-corrected chi connectivity index (χ1v) is 11.6. The second-order valence-electron chi connectivity index (χ2n) is 7.07. The van der Waals surface area contributed by atoms with Crippen molar-refractivity contribution in [2.45, 2.75) is 58.0 Å². The third-order valence-corrected chi connectivity index (χ3v) is 5.37. The summed E-state index contributed by atoms with van der Waals surface area (Å²) >= 11 is 3.41. The molecular formula is C15H26BrNO2Si. The molecule has 20 heavy (non-hydrogen) atoms. The van der Waals surface area contributed by atoms with Gasteiger partial charge in [-0.1, -0.05) is 6.92 Å². The Morgan fingerprint density at radius 1 is 1.35 bits per heavy atom. The van der Waals surface area contributed by atoms with Gasteiger partial charge in [0.05, 0.1) is 0 Å². The molecule has 1 fully saturated rings. The predicted molar refractivity (Wildman–Crippen MR) is 88.4 cm³/mol. The highest BCUT2D eigenvalue weighted by atomic mass is 79.9. The van der Waals surface area contributed by atoms with E-state index < -0.39 is 13.9 Å². The van der Waals surface area contributed by atoms with Crippen molar-refractivity contribution in [3.05, 3.63) is 22.6 Å². The molecule has 1 aromatic rings. The van der Waals surface area contributed by atoms with Crippen LogP contribution in [0.15, 0.2) is 21.2 Å². The van der Waals surface area contributed by atoms with Gasteiger partial charge in [0.15, 0.2) is 13.0 Å². The van der Waals surface area contributed by atoms with Gasteiger partial charge in [-0.05, 0) is 79.9 Å². The molecule has 0 aliphatic carbocycles. The van der Waals surface area contributed by atoms with Gasteiger partial charge in [-0.15, -0.1) is 0 Å². The van der Waals surface area contributed by atoms with Gasteiger partial charge in [0, 0.05) is 6.04 Å². The molecule has 1 aromatic heterocycles. The van der Waals surface area contributed by atoms with Crippen LogP contribution in [0.1, 0.15) is 32.4 Å². The monoisotopic (exact) mass is 359 g/mol. The van der Waals surface area contributed by atoms with Crippen LogP contribution in [0.25, 0.3) is 0 Å². The van der Waals surface area contributed by atoms with E-state index in [1.54, 1.807) is 0 Å².